The molecule has 146 valence electrons. The van der Waals surface area contributed by atoms with Gasteiger partial charge in [-0.3, -0.25) is 4.79 Å². The summed E-state index contributed by atoms with van der Waals surface area (Å²) in [5.74, 6) is -0.0499. The Hall–Kier alpha value is -1.86. The van der Waals surface area contributed by atoms with Crippen molar-refractivity contribution in [2.24, 2.45) is 0 Å². The molecule has 1 N–H and O–H groups in total. The molecule has 2 heterocycles. The van der Waals surface area contributed by atoms with Crippen LogP contribution in [-0.2, 0) is 21.4 Å². The van der Waals surface area contributed by atoms with Crippen LogP contribution in [0.1, 0.15) is 35.3 Å². The zero-order valence-electron chi connectivity index (χ0n) is 16.1. The molecule has 0 atom stereocenters. The molecule has 0 unspecified atom stereocenters. The summed E-state index contributed by atoms with van der Waals surface area (Å²) in [4.78, 5) is 15.0. The molecule has 5 nitrogen and oxygen atoms in total. The number of ketones is 1. The van der Waals surface area contributed by atoms with Gasteiger partial charge in [0, 0.05) is 30.8 Å². The molecule has 0 saturated carbocycles. The van der Waals surface area contributed by atoms with E-state index < -0.39 is 12.7 Å². The summed E-state index contributed by atoms with van der Waals surface area (Å²) in [7, 11) is -0.962. The lowest BCUT2D eigenvalue weighted by molar-refractivity contribution is 0.0991. The highest BCUT2D eigenvalue weighted by Crippen LogP contribution is 2.30. The quantitative estimate of drug-likeness (QED) is 0.632. The molecule has 0 amide bonds. The lowest BCUT2D eigenvalue weighted by atomic mass is 9.77. The molecule has 0 radical (unpaired) electrons. The van der Waals surface area contributed by atoms with Gasteiger partial charge in [-0.1, -0.05) is 29.8 Å². The molecule has 28 heavy (non-hydrogen) atoms. The molecule has 2 aliphatic heterocycles. The Morgan fingerprint density at radius 3 is 2.68 bits per heavy atom. The van der Waals surface area contributed by atoms with Crippen molar-refractivity contribution in [2.45, 2.75) is 25.9 Å². The third-order valence-corrected chi connectivity index (χ3v) is 5.74. The number of rotatable bonds is 4. The van der Waals surface area contributed by atoms with E-state index in [-0.39, 0.29) is 12.2 Å². The number of carbonyl (C=O) groups is 1. The molecule has 7 heteroatoms. The van der Waals surface area contributed by atoms with Crippen LogP contribution in [0.25, 0.3) is 0 Å². The Balaban J connectivity index is 1.52. The number of morpholine rings is 1. The SMILES string of the molecule is CC1(C)OB(O)c2cc(CC(=O)c3ccc(N4CCOCC4)cc3Cl)ccc21. The number of halogens is 1. The van der Waals surface area contributed by atoms with Crippen LogP contribution in [0.2, 0.25) is 5.02 Å². The second kappa shape index (κ2) is 7.52. The number of Topliss-reactive ketones (excluding diaryl/α,β-unsaturated/α-hetero) is 1. The van der Waals surface area contributed by atoms with Gasteiger partial charge >= 0.3 is 7.12 Å². The summed E-state index contributed by atoms with van der Waals surface area (Å²) in [6, 6.07) is 11.3. The van der Waals surface area contributed by atoms with Crippen LogP contribution < -0.4 is 10.4 Å². The molecule has 2 aromatic carbocycles. The summed E-state index contributed by atoms with van der Waals surface area (Å²) in [6.45, 7) is 6.87. The third-order valence-electron chi connectivity index (χ3n) is 5.43. The van der Waals surface area contributed by atoms with Gasteiger partial charge in [-0.25, -0.2) is 0 Å². The largest absolute Gasteiger partial charge is 0.492 e. The zero-order chi connectivity index (χ0) is 19.9. The standard InChI is InChI=1S/C21H23BClNO4/c1-21(2)17-6-3-14(11-18(17)22(26)28-21)12-20(25)16-5-4-15(13-19(16)23)24-7-9-27-10-8-24/h3-6,11,13,26H,7-10,12H2,1-2H3. The van der Waals surface area contributed by atoms with Crippen molar-refractivity contribution >= 4 is 35.7 Å². The van der Waals surface area contributed by atoms with E-state index in [1.165, 1.54) is 0 Å². The number of ether oxygens (including phenoxy) is 1. The number of nitrogens with zero attached hydrogens (tertiary/aromatic N) is 1. The van der Waals surface area contributed by atoms with Gasteiger partial charge < -0.3 is 19.3 Å². The monoisotopic (exact) mass is 399 g/mol. The van der Waals surface area contributed by atoms with Crippen molar-refractivity contribution in [1.29, 1.82) is 0 Å². The van der Waals surface area contributed by atoms with Crippen molar-refractivity contribution in [3.8, 4) is 0 Å². The fourth-order valence-electron chi connectivity index (χ4n) is 3.91. The van der Waals surface area contributed by atoms with Crippen LogP contribution in [0.5, 0.6) is 0 Å². The molecule has 4 rings (SSSR count). The lowest BCUT2D eigenvalue weighted by Crippen LogP contribution is -2.36. The molecular formula is C21H23BClNO4. The van der Waals surface area contributed by atoms with Crippen LogP contribution in [0.15, 0.2) is 36.4 Å². The van der Waals surface area contributed by atoms with Crippen molar-refractivity contribution in [2.75, 3.05) is 31.2 Å². The van der Waals surface area contributed by atoms with Crippen LogP contribution >= 0.6 is 11.6 Å². The van der Waals surface area contributed by atoms with E-state index in [0.29, 0.717) is 23.8 Å². The highest BCUT2D eigenvalue weighted by molar-refractivity contribution is 6.62. The minimum Gasteiger partial charge on any atom is -0.423 e. The van der Waals surface area contributed by atoms with Gasteiger partial charge in [-0.05, 0) is 48.6 Å². The number of benzene rings is 2. The van der Waals surface area contributed by atoms with E-state index in [4.69, 9.17) is 21.0 Å². The van der Waals surface area contributed by atoms with Gasteiger partial charge in [0.25, 0.3) is 0 Å². The third kappa shape index (κ3) is 3.70. The topological polar surface area (TPSA) is 59.0 Å². The van der Waals surface area contributed by atoms with E-state index in [1.807, 2.05) is 44.2 Å². The van der Waals surface area contributed by atoms with Gasteiger partial charge in [0.2, 0.25) is 0 Å². The number of carbonyl (C=O) groups excluding carboxylic acids is 1. The van der Waals surface area contributed by atoms with Gasteiger partial charge in [0.05, 0.1) is 23.8 Å². The minimum atomic E-state index is -0.962. The highest BCUT2D eigenvalue weighted by atomic mass is 35.5. The first kappa shape index (κ1) is 19.5. The van der Waals surface area contributed by atoms with E-state index in [9.17, 15) is 9.82 Å². The molecule has 2 aromatic rings. The van der Waals surface area contributed by atoms with Gasteiger partial charge in [0.15, 0.2) is 5.78 Å². The number of hydrogen-bond acceptors (Lipinski definition) is 5. The second-order valence-corrected chi connectivity index (χ2v) is 8.17. The van der Waals surface area contributed by atoms with Gasteiger partial charge in [0.1, 0.15) is 0 Å². The first-order valence-corrected chi connectivity index (χ1v) is 9.87. The summed E-state index contributed by atoms with van der Waals surface area (Å²) < 4.78 is 11.0. The minimum absolute atomic E-state index is 0.0499. The van der Waals surface area contributed by atoms with Gasteiger partial charge in [-0.15, -0.1) is 0 Å². The molecule has 0 spiro atoms. The average molecular weight is 400 g/mol. The number of anilines is 1. The van der Waals surface area contributed by atoms with Crippen LogP contribution in [0, 0.1) is 0 Å². The summed E-state index contributed by atoms with van der Waals surface area (Å²) in [5, 5.41) is 10.6. The average Bonchev–Trinajstić information content (AvgIpc) is 2.90. The molecule has 0 bridgehead atoms. The lowest BCUT2D eigenvalue weighted by Gasteiger charge is -2.29. The molecule has 2 aliphatic rings. The number of hydrogen-bond donors (Lipinski definition) is 1. The zero-order valence-corrected chi connectivity index (χ0v) is 16.8. The summed E-state index contributed by atoms with van der Waals surface area (Å²) in [6.07, 6.45) is 0.219. The van der Waals surface area contributed by atoms with Crippen molar-refractivity contribution < 1.29 is 19.2 Å². The van der Waals surface area contributed by atoms with Crippen LogP contribution in [0.3, 0.4) is 0 Å². The Morgan fingerprint density at radius 1 is 1.21 bits per heavy atom. The normalized spacial score (nSPS) is 18.3. The second-order valence-electron chi connectivity index (χ2n) is 7.77. The predicted octanol–water partition coefficient (Wildman–Crippen LogP) is 2.55. The predicted molar refractivity (Wildman–Crippen MR) is 111 cm³/mol. The summed E-state index contributed by atoms with van der Waals surface area (Å²) >= 11 is 6.43. The number of fused-ring (bicyclic) bond motifs is 1. The van der Waals surface area contributed by atoms with Crippen molar-refractivity contribution in [3.05, 3.63) is 58.1 Å². The first-order valence-electron chi connectivity index (χ1n) is 9.50. The van der Waals surface area contributed by atoms with E-state index in [1.54, 1.807) is 6.07 Å². The Kier molecular flexibility index (Phi) is 5.23. The Labute approximate surface area is 170 Å². The summed E-state index contributed by atoms with van der Waals surface area (Å²) in [5.41, 5.74) is 3.49. The van der Waals surface area contributed by atoms with Crippen LogP contribution in [-0.4, -0.2) is 44.2 Å². The van der Waals surface area contributed by atoms with E-state index >= 15 is 0 Å². The Morgan fingerprint density at radius 2 is 1.96 bits per heavy atom. The van der Waals surface area contributed by atoms with E-state index in [0.717, 1.165) is 35.4 Å². The maximum atomic E-state index is 12.8. The van der Waals surface area contributed by atoms with Crippen molar-refractivity contribution in [3.63, 3.8) is 0 Å². The van der Waals surface area contributed by atoms with E-state index in [2.05, 4.69) is 4.90 Å². The van der Waals surface area contributed by atoms with Crippen molar-refractivity contribution in [1.82, 2.24) is 0 Å². The smallest absolute Gasteiger partial charge is 0.423 e. The maximum absolute atomic E-state index is 12.8. The first-order chi connectivity index (χ1) is 13.3. The maximum Gasteiger partial charge on any atom is 0.492 e. The fourth-order valence-corrected chi connectivity index (χ4v) is 4.19. The molecular weight excluding hydrogens is 376 g/mol. The van der Waals surface area contributed by atoms with Gasteiger partial charge in [-0.2, -0.15) is 0 Å². The van der Waals surface area contributed by atoms with Crippen LogP contribution in [0.4, 0.5) is 5.69 Å². The molecule has 1 saturated heterocycles. The molecule has 0 aromatic heterocycles. The highest BCUT2D eigenvalue weighted by Gasteiger charge is 2.40. The fraction of sp³-hybridized carbons (Fsp3) is 0.381. The Bertz CT molecular complexity index is 911. The molecule has 0 aliphatic carbocycles. The molecule has 1 fully saturated rings.